The van der Waals surface area contributed by atoms with Gasteiger partial charge in [0.2, 0.25) is 0 Å². The van der Waals surface area contributed by atoms with Crippen LogP contribution in [0.3, 0.4) is 0 Å². The van der Waals surface area contributed by atoms with Gasteiger partial charge < -0.3 is 0 Å². The van der Waals surface area contributed by atoms with E-state index in [1.807, 2.05) is 13.8 Å². The average Bonchev–Trinajstić information content (AvgIpc) is 1.58. The predicted octanol–water partition coefficient (Wildman–Crippen LogP) is 4.50. The summed E-state index contributed by atoms with van der Waals surface area (Å²) in [7, 11) is 17.2. The monoisotopic (exact) mass is 280 g/mol. The minimum atomic E-state index is -2.61. The first-order chi connectivity index (χ1) is 4.77. The Kier molecular flexibility index (Phi) is 10.4. The molecule has 6 heteroatoms. The first-order valence-corrected chi connectivity index (χ1v) is 8.75. The van der Waals surface area contributed by atoms with Gasteiger partial charge in [-0.15, -0.1) is 0 Å². The molecule has 0 aromatic carbocycles. The van der Waals surface area contributed by atoms with E-state index in [9.17, 15) is 0 Å². The number of hydrogen-bond acceptors (Lipinski definition) is 0. The Morgan fingerprint density at radius 2 is 1.45 bits per heavy atom. The summed E-state index contributed by atoms with van der Waals surface area (Å²) in [6.07, 6.45) is 0. The summed E-state index contributed by atoms with van der Waals surface area (Å²) in [4.78, 5) is 3.88. The van der Waals surface area contributed by atoms with Gasteiger partial charge in [0.1, 0.15) is 0 Å². The van der Waals surface area contributed by atoms with Crippen molar-refractivity contribution in [3.63, 3.8) is 0 Å². The van der Waals surface area contributed by atoms with Crippen LogP contribution in [0, 0.1) is 6.07 Å². The molecule has 0 fully saturated rings. The molecule has 0 saturated carbocycles. The second kappa shape index (κ2) is 7.80. The van der Waals surface area contributed by atoms with Crippen molar-refractivity contribution in [3.8, 4) is 6.07 Å². The molecule has 0 atom stereocenters. The zero-order valence-corrected chi connectivity index (χ0v) is 10.5. The molecule has 0 rings (SSSR count). The van der Waals surface area contributed by atoms with Crippen LogP contribution in [0.2, 0.25) is 0 Å². The summed E-state index contributed by atoms with van der Waals surface area (Å²) in [5.41, 5.74) is 0. The van der Waals surface area contributed by atoms with Gasteiger partial charge in [-0.1, -0.05) is 4.85 Å². The van der Waals surface area contributed by atoms with Crippen LogP contribution in [0.1, 0.15) is 20.8 Å². The molecule has 11 heavy (non-hydrogen) atoms. The van der Waals surface area contributed by atoms with Crippen LogP contribution in [0.15, 0.2) is 0 Å². The van der Waals surface area contributed by atoms with Crippen LogP contribution in [-0.4, -0.2) is 6.04 Å². The fourth-order valence-corrected chi connectivity index (χ4v) is 0.258. The Labute approximate surface area is 86.9 Å². The van der Waals surface area contributed by atoms with Gasteiger partial charge in [-0.05, 0) is 0 Å². The molecule has 0 aliphatic rings. The van der Waals surface area contributed by atoms with Crippen molar-refractivity contribution < 1.29 is 9.20 Å². The molecule has 0 unspecified atom stereocenters. The Balaban J connectivity index is 0. The van der Waals surface area contributed by atoms with Gasteiger partial charge in [0.15, 0.2) is 0 Å². The fraction of sp³-hybridized carbons (Fsp3) is 0.800. The van der Waals surface area contributed by atoms with Gasteiger partial charge in [-0.3, -0.25) is 0 Å². The van der Waals surface area contributed by atoms with Crippen molar-refractivity contribution in [2.45, 2.75) is 26.8 Å². The summed E-state index contributed by atoms with van der Waals surface area (Å²) in [6.45, 7) is 5.85. The second-order valence-corrected chi connectivity index (χ2v) is 12.7. The standard InChI is InChI=1S/C5H10N.4ClH.Fe/c1-4-6-5(2)3;;;;;/h5H,1-3H3;4*1H;/q+1;;;;;+3/p-4. The van der Waals surface area contributed by atoms with Crippen LogP contribution in [0.4, 0.5) is 0 Å². The number of hydrogen-bond donors (Lipinski definition) is 0. The van der Waals surface area contributed by atoms with Crippen LogP contribution >= 0.6 is 40.4 Å². The third kappa shape index (κ3) is 54.0. The molecule has 0 aromatic rings. The molecule has 0 saturated heterocycles. The van der Waals surface area contributed by atoms with E-state index in [4.69, 9.17) is 40.4 Å². The minimum absolute atomic E-state index is 0.412. The number of halogens is 4. The van der Waals surface area contributed by atoms with E-state index < -0.39 is 9.20 Å². The molecule has 0 radical (unpaired) electrons. The molecular formula is C5H10Cl4FeN. The van der Waals surface area contributed by atoms with Gasteiger partial charge >= 0.3 is 49.6 Å². The Morgan fingerprint density at radius 3 is 1.45 bits per heavy atom. The van der Waals surface area contributed by atoms with Crippen molar-refractivity contribution >= 4 is 40.4 Å². The van der Waals surface area contributed by atoms with Gasteiger partial charge in [-0.25, -0.2) is 0 Å². The Hall–Kier alpha value is 1.17. The second-order valence-electron chi connectivity index (χ2n) is 1.75. The molecule has 0 aliphatic heterocycles. The molecule has 0 N–H and O–H groups in total. The Morgan fingerprint density at radius 1 is 1.18 bits per heavy atom. The summed E-state index contributed by atoms with van der Waals surface area (Å²) in [5.74, 6) is 0. The van der Waals surface area contributed by atoms with E-state index in [2.05, 4.69) is 10.9 Å². The van der Waals surface area contributed by atoms with E-state index in [0.717, 1.165) is 0 Å². The molecule has 71 valence electrons. The van der Waals surface area contributed by atoms with Crippen molar-refractivity contribution in [2.75, 3.05) is 0 Å². The van der Waals surface area contributed by atoms with Crippen molar-refractivity contribution in [1.82, 2.24) is 0 Å². The predicted molar refractivity (Wildman–Crippen MR) is 51.5 cm³/mol. The molecular weight excluding hydrogens is 272 g/mol. The zero-order valence-electron chi connectivity index (χ0n) is 6.39. The summed E-state index contributed by atoms with van der Waals surface area (Å²) < 4.78 is 0. The molecule has 0 heterocycles. The summed E-state index contributed by atoms with van der Waals surface area (Å²) >= 11 is 0. The first kappa shape index (κ1) is 14.7. The van der Waals surface area contributed by atoms with Crippen molar-refractivity contribution in [2.24, 2.45) is 0 Å². The third-order valence-corrected chi connectivity index (χ3v) is 0.387. The van der Waals surface area contributed by atoms with Crippen molar-refractivity contribution in [3.05, 3.63) is 4.85 Å². The van der Waals surface area contributed by atoms with E-state index in [-0.39, 0.29) is 0 Å². The molecule has 0 amide bonds. The van der Waals surface area contributed by atoms with E-state index in [1.165, 1.54) is 0 Å². The third-order valence-electron chi connectivity index (χ3n) is 0.387. The van der Waals surface area contributed by atoms with Crippen LogP contribution in [0.5, 0.6) is 0 Å². The van der Waals surface area contributed by atoms with E-state index in [1.54, 1.807) is 6.92 Å². The molecule has 0 bridgehead atoms. The quantitative estimate of drug-likeness (QED) is 0.576. The fourth-order valence-electron chi connectivity index (χ4n) is 0.258. The molecule has 1 nitrogen and oxygen atoms in total. The van der Waals surface area contributed by atoms with Crippen LogP contribution in [-0.2, 0) is 9.20 Å². The first-order valence-electron chi connectivity index (χ1n) is 2.67. The Bertz CT molecular complexity index is 137. The summed E-state index contributed by atoms with van der Waals surface area (Å²) in [6, 6.07) is 3.10. The molecule has 0 aromatic heterocycles. The van der Waals surface area contributed by atoms with Gasteiger partial charge in [0.05, 0.1) is 6.92 Å². The molecule has 0 spiro atoms. The number of nitrogens with zero attached hydrogens (tertiary/aromatic N) is 1. The zero-order chi connectivity index (χ0) is 9.49. The maximum atomic E-state index is 4.95. The van der Waals surface area contributed by atoms with E-state index in [0.29, 0.717) is 6.04 Å². The topological polar surface area (TPSA) is 4.36 Å². The maximum absolute atomic E-state index is 4.95. The molecule has 0 aliphatic carbocycles. The van der Waals surface area contributed by atoms with Gasteiger partial charge in [-0.2, -0.15) is 0 Å². The number of rotatable bonds is 0. The van der Waals surface area contributed by atoms with Crippen LogP contribution in [0.25, 0.3) is 4.85 Å². The average molecular weight is 282 g/mol. The van der Waals surface area contributed by atoms with Gasteiger partial charge in [0.25, 0.3) is 12.1 Å². The normalized spacial score (nSPS) is 10.9. The SMILES string of the molecule is CC#[N+]C(C)C.[Cl][Fe-]([Cl])([Cl])[Cl]. The van der Waals surface area contributed by atoms with Gasteiger partial charge in [0, 0.05) is 13.8 Å². The van der Waals surface area contributed by atoms with Crippen molar-refractivity contribution in [1.29, 1.82) is 0 Å². The summed E-state index contributed by atoms with van der Waals surface area (Å²) in [5, 5.41) is 0. The van der Waals surface area contributed by atoms with Crippen LogP contribution < -0.4 is 0 Å². The van der Waals surface area contributed by atoms with E-state index >= 15 is 0 Å².